The second kappa shape index (κ2) is 7.54. The lowest BCUT2D eigenvalue weighted by molar-refractivity contribution is -0.122. The van der Waals surface area contributed by atoms with E-state index < -0.39 is 6.10 Å². The van der Waals surface area contributed by atoms with Crippen LogP contribution in [0.3, 0.4) is 0 Å². The average Bonchev–Trinajstić information content (AvgIpc) is 3.47. The summed E-state index contributed by atoms with van der Waals surface area (Å²) in [7, 11) is 0. The van der Waals surface area contributed by atoms with Gasteiger partial charge in [0.15, 0.2) is 6.10 Å². The number of ether oxygens (including phenoxy) is 1. The van der Waals surface area contributed by atoms with Crippen molar-refractivity contribution in [2.24, 2.45) is 0 Å². The number of amides is 1. The Balaban J connectivity index is 1.61. The van der Waals surface area contributed by atoms with Gasteiger partial charge in [-0.1, -0.05) is 18.2 Å². The van der Waals surface area contributed by atoms with Gasteiger partial charge in [0.05, 0.1) is 5.69 Å². The predicted octanol–water partition coefficient (Wildman–Crippen LogP) is 2.86. The Labute approximate surface area is 167 Å². The van der Waals surface area contributed by atoms with Gasteiger partial charge in [-0.25, -0.2) is 4.98 Å². The molecule has 0 radical (unpaired) electrons. The number of carbonyl (C=O) groups excluding carboxylic acids is 1. The number of para-hydroxylation sites is 1. The topological polar surface area (TPSA) is 102 Å². The lowest BCUT2D eigenvalue weighted by Crippen LogP contribution is -2.31. The molecule has 3 aromatic rings. The SMILES string of the molecule is Cc1nc(-n2nc(C3CC3)cc2NC(=O)[C@H](C)Oc2ccccc2)[nH]c(=O)c1C. The molecular formula is C21H23N5O3. The monoisotopic (exact) mass is 393 g/mol. The van der Waals surface area contributed by atoms with Crippen LogP contribution in [0.4, 0.5) is 5.82 Å². The molecule has 1 amide bonds. The number of hydrogen-bond acceptors (Lipinski definition) is 5. The highest BCUT2D eigenvalue weighted by Crippen LogP contribution is 2.40. The zero-order valence-corrected chi connectivity index (χ0v) is 16.6. The average molecular weight is 393 g/mol. The van der Waals surface area contributed by atoms with Crippen molar-refractivity contribution in [3.63, 3.8) is 0 Å². The molecule has 0 unspecified atom stereocenters. The summed E-state index contributed by atoms with van der Waals surface area (Å²) in [6, 6.07) is 11.0. The number of hydrogen-bond donors (Lipinski definition) is 2. The molecular weight excluding hydrogens is 370 g/mol. The maximum absolute atomic E-state index is 12.7. The number of carbonyl (C=O) groups is 1. The standard InChI is InChI=1S/C21H23N5O3/c1-12-13(2)22-21(24-19(12)27)26-18(11-17(25-26)15-9-10-15)23-20(28)14(3)29-16-7-5-4-6-8-16/h4-8,11,14-15H,9-10H2,1-3H3,(H,23,28)(H,22,24,27)/t14-/m0/s1. The lowest BCUT2D eigenvalue weighted by atomic mass is 10.3. The van der Waals surface area contributed by atoms with E-state index in [0.29, 0.717) is 28.7 Å². The first-order valence-electron chi connectivity index (χ1n) is 9.63. The van der Waals surface area contributed by atoms with Gasteiger partial charge in [0.2, 0.25) is 5.95 Å². The summed E-state index contributed by atoms with van der Waals surface area (Å²) in [5, 5.41) is 7.44. The summed E-state index contributed by atoms with van der Waals surface area (Å²) >= 11 is 0. The number of aryl methyl sites for hydroxylation is 1. The quantitative estimate of drug-likeness (QED) is 0.670. The van der Waals surface area contributed by atoms with Gasteiger partial charge in [-0.2, -0.15) is 9.78 Å². The van der Waals surface area contributed by atoms with Crippen LogP contribution in [0.25, 0.3) is 5.95 Å². The Morgan fingerprint density at radius 2 is 2.00 bits per heavy atom. The van der Waals surface area contributed by atoms with E-state index in [-0.39, 0.29) is 17.4 Å². The van der Waals surface area contributed by atoms with Gasteiger partial charge < -0.3 is 10.1 Å². The van der Waals surface area contributed by atoms with Crippen molar-refractivity contribution in [1.82, 2.24) is 19.7 Å². The maximum atomic E-state index is 12.7. The zero-order valence-electron chi connectivity index (χ0n) is 16.6. The highest BCUT2D eigenvalue weighted by atomic mass is 16.5. The summed E-state index contributed by atoms with van der Waals surface area (Å²) in [5.74, 6) is 1.40. The van der Waals surface area contributed by atoms with Crippen LogP contribution >= 0.6 is 0 Å². The first-order chi connectivity index (χ1) is 13.9. The van der Waals surface area contributed by atoms with Gasteiger partial charge in [-0.3, -0.25) is 14.6 Å². The normalized spacial score (nSPS) is 14.4. The first-order valence-corrected chi connectivity index (χ1v) is 9.63. The molecule has 8 heteroatoms. The largest absolute Gasteiger partial charge is 0.481 e. The van der Waals surface area contributed by atoms with E-state index >= 15 is 0 Å². The second-order valence-corrected chi connectivity index (χ2v) is 7.30. The maximum Gasteiger partial charge on any atom is 0.266 e. The fourth-order valence-corrected chi connectivity index (χ4v) is 2.94. The smallest absolute Gasteiger partial charge is 0.266 e. The molecule has 8 nitrogen and oxygen atoms in total. The van der Waals surface area contributed by atoms with Gasteiger partial charge in [-0.05, 0) is 45.7 Å². The fourth-order valence-electron chi connectivity index (χ4n) is 2.94. The van der Waals surface area contributed by atoms with E-state index in [2.05, 4.69) is 20.4 Å². The molecule has 2 heterocycles. The molecule has 1 aliphatic carbocycles. The van der Waals surface area contributed by atoms with E-state index in [4.69, 9.17) is 4.74 Å². The molecule has 1 aromatic carbocycles. The van der Waals surface area contributed by atoms with E-state index in [1.807, 2.05) is 24.3 Å². The van der Waals surface area contributed by atoms with Gasteiger partial charge in [0, 0.05) is 23.2 Å². The van der Waals surface area contributed by atoms with E-state index in [1.165, 1.54) is 4.68 Å². The van der Waals surface area contributed by atoms with Crippen LogP contribution < -0.4 is 15.6 Å². The van der Waals surface area contributed by atoms with Crippen molar-refractivity contribution < 1.29 is 9.53 Å². The third-order valence-electron chi connectivity index (χ3n) is 4.98. The fraction of sp³-hybridized carbons (Fsp3) is 0.333. The minimum Gasteiger partial charge on any atom is -0.481 e. The second-order valence-electron chi connectivity index (χ2n) is 7.30. The van der Waals surface area contributed by atoms with Crippen molar-refractivity contribution in [3.8, 4) is 11.7 Å². The van der Waals surface area contributed by atoms with E-state index in [1.54, 1.807) is 32.9 Å². The van der Waals surface area contributed by atoms with Gasteiger partial charge in [0.25, 0.3) is 11.5 Å². The van der Waals surface area contributed by atoms with Crippen molar-refractivity contribution >= 4 is 11.7 Å². The van der Waals surface area contributed by atoms with Crippen LogP contribution in [-0.2, 0) is 4.79 Å². The Kier molecular flexibility index (Phi) is 4.92. The molecule has 1 saturated carbocycles. The van der Waals surface area contributed by atoms with Crippen LogP contribution in [0.15, 0.2) is 41.2 Å². The predicted molar refractivity (Wildman–Crippen MR) is 109 cm³/mol. The molecule has 150 valence electrons. The molecule has 29 heavy (non-hydrogen) atoms. The van der Waals surface area contributed by atoms with Crippen LogP contribution in [0, 0.1) is 13.8 Å². The number of aromatic amines is 1. The summed E-state index contributed by atoms with van der Waals surface area (Å²) < 4.78 is 7.18. The molecule has 2 N–H and O–H groups in total. The number of rotatable bonds is 6. The summed E-state index contributed by atoms with van der Waals surface area (Å²) in [6.45, 7) is 5.17. The molecule has 0 bridgehead atoms. The number of nitrogens with one attached hydrogen (secondary N) is 2. The molecule has 1 fully saturated rings. The molecule has 0 aliphatic heterocycles. The third kappa shape index (κ3) is 4.06. The third-order valence-corrected chi connectivity index (χ3v) is 4.98. The van der Waals surface area contributed by atoms with Crippen LogP contribution in [0.2, 0.25) is 0 Å². The Hall–Kier alpha value is -3.42. The first kappa shape index (κ1) is 18.9. The minimum atomic E-state index is -0.711. The minimum absolute atomic E-state index is 0.228. The Morgan fingerprint density at radius 1 is 1.28 bits per heavy atom. The van der Waals surface area contributed by atoms with Crippen LogP contribution in [-0.4, -0.2) is 31.8 Å². The van der Waals surface area contributed by atoms with Crippen LogP contribution in [0.1, 0.15) is 42.6 Å². The molecule has 1 atom stereocenters. The highest BCUT2D eigenvalue weighted by molar-refractivity contribution is 5.93. The van der Waals surface area contributed by atoms with Crippen molar-refractivity contribution in [1.29, 1.82) is 0 Å². The van der Waals surface area contributed by atoms with Gasteiger partial charge in [0.1, 0.15) is 11.6 Å². The molecule has 0 spiro atoms. The zero-order chi connectivity index (χ0) is 20.5. The Bertz CT molecular complexity index is 1100. The summed E-state index contributed by atoms with van der Waals surface area (Å²) in [4.78, 5) is 32.1. The van der Waals surface area contributed by atoms with Crippen molar-refractivity contribution in [2.75, 3.05) is 5.32 Å². The summed E-state index contributed by atoms with van der Waals surface area (Å²) in [6.07, 6.45) is 1.42. The number of aromatic nitrogens is 4. The molecule has 0 saturated heterocycles. The van der Waals surface area contributed by atoms with E-state index in [9.17, 15) is 9.59 Å². The molecule has 4 rings (SSSR count). The number of H-pyrrole nitrogens is 1. The highest BCUT2D eigenvalue weighted by Gasteiger charge is 2.29. The van der Waals surface area contributed by atoms with Gasteiger partial charge in [-0.15, -0.1) is 0 Å². The van der Waals surface area contributed by atoms with Crippen molar-refractivity contribution in [3.05, 3.63) is 63.7 Å². The number of benzene rings is 1. The van der Waals surface area contributed by atoms with Crippen molar-refractivity contribution in [2.45, 2.75) is 45.6 Å². The number of anilines is 1. The molecule has 1 aliphatic rings. The van der Waals surface area contributed by atoms with E-state index in [0.717, 1.165) is 18.5 Å². The van der Waals surface area contributed by atoms with Gasteiger partial charge >= 0.3 is 0 Å². The summed E-state index contributed by atoms with van der Waals surface area (Å²) in [5.41, 5.74) is 1.82. The molecule has 2 aromatic heterocycles. The Morgan fingerprint density at radius 3 is 2.66 bits per heavy atom. The number of nitrogens with zero attached hydrogens (tertiary/aromatic N) is 3. The van der Waals surface area contributed by atoms with Crippen LogP contribution in [0.5, 0.6) is 5.75 Å². The lowest BCUT2D eigenvalue weighted by Gasteiger charge is -2.15.